The van der Waals surface area contributed by atoms with Crippen LogP contribution < -0.4 is 0 Å². The first-order chi connectivity index (χ1) is 7.66. The minimum atomic E-state index is -3.62. The molecule has 0 aromatic heterocycles. The van der Waals surface area contributed by atoms with Crippen molar-refractivity contribution in [2.24, 2.45) is 0 Å². The van der Waals surface area contributed by atoms with Crippen LogP contribution in [0.4, 0.5) is 13.2 Å². The fourth-order valence-corrected chi connectivity index (χ4v) is 1.87. The molecule has 2 unspecified atom stereocenters. The third-order valence-corrected chi connectivity index (χ3v) is 4.11. The van der Waals surface area contributed by atoms with Gasteiger partial charge in [0.05, 0.1) is 11.4 Å². The summed E-state index contributed by atoms with van der Waals surface area (Å²) in [6.45, 7) is 1.15. The second-order valence-electron chi connectivity index (χ2n) is 3.74. The second-order valence-corrected chi connectivity index (χ2v) is 6.15. The zero-order chi connectivity index (χ0) is 13.4. The molecule has 2 atom stereocenters. The molecular formula is C10H11F3O3S. The molecule has 0 amide bonds. The summed E-state index contributed by atoms with van der Waals surface area (Å²) >= 11 is 0. The average molecular weight is 268 g/mol. The number of aliphatic hydroxyl groups is 1. The van der Waals surface area contributed by atoms with Gasteiger partial charge in [0.2, 0.25) is 0 Å². The van der Waals surface area contributed by atoms with E-state index in [1.807, 2.05) is 0 Å². The Morgan fingerprint density at radius 2 is 1.71 bits per heavy atom. The summed E-state index contributed by atoms with van der Waals surface area (Å²) in [4.78, 5) is 0. The SMILES string of the molecule is CC(C(O)c1ccc(F)c(F)c1F)S(C)(=O)=O. The first-order valence-corrected chi connectivity index (χ1v) is 6.62. The van der Waals surface area contributed by atoms with E-state index in [9.17, 15) is 26.7 Å². The van der Waals surface area contributed by atoms with Crippen molar-refractivity contribution in [1.29, 1.82) is 0 Å². The number of aliphatic hydroxyl groups excluding tert-OH is 1. The molecule has 0 aliphatic carbocycles. The molecule has 96 valence electrons. The highest BCUT2D eigenvalue weighted by Gasteiger charge is 2.29. The molecule has 0 fully saturated rings. The molecule has 1 rings (SSSR count). The molecule has 0 aliphatic rings. The Balaban J connectivity index is 3.23. The van der Waals surface area contributed by atoms with Crippen molar-refractivity contribution in [3.63, 3.8) is 0 Å². The fourth-order valence-electron chi connectivity index (χ4n) is 1.26. The van der Waals surface area contributed by atoms with Gasteiger partial charge in [0.1, 0.15) is 0 Å². The van der Waals surface area contributed by atoms with Gasteiger partial charge in [-0.1, -0.05) is 6.07 Å². The van der Waals surface area contributed by atoms with Gasteiger partial charge in [-0.25, -0.2) is 21.6 Å². The highest BCUT2D eigenvalue weighted by Crippen LogP contribution is 2.26. The van der Waals surface area contributed by atoms with Crippen LogP contribution in [0.25, 0.3) is 0 Å². The predicted molar refractivity (Wildman–Crippen MR) is 55.6 cm³/mol. The topological polar surface area (TPSA) is 54.4 Å². The molecule has 0 aliphatic heterocycles. The van der Waals surface area contributed by atoms with E-state index in [4.69, 9.17) is 0 Å². The summed E-state index contributed by atoms with van der Waals surface area (Å²) in [6, 6.07) is 1.45. The van der Waals surface area contributed by atoms with Crippen LogP contribution in [0, 0.1) is 17.5 Å². The van der Waals surface area contributed by atoms with Gasteiger partial charge in [0.25, 0.3) is 0 Å². The van der Waals surface area contributed by atoms with Crippen molar-refractivity contribution in [2.75, 3.05) is 6.26 Å². The van der Waals surface area contributed by atoms with Crippen LogP contribution in [0.5, 0.6) is 0 Å². The average Bonchev–Trinajstić information content (AvgIpc) is 2.23. The third-order valence-electron chi connectivity index (χ3n) is 2.50. The molecule has 0 saturated carbocycles. The summed E-state index contributed by atoms with van der Waals surface area (Å²) in [7, 11) is -3.62. The quantitative estimate of drug-likeness (QED) is 0.847. The fraction of sp³-hybridized carbons (Fsp3) is 0.400. The van der Waals surface area contributed by atoms with Gasteiger partial charge >= 0.3 is 0 Å². The lowest BCUT2D eigenvalue weighted by Gasteiger charge is -2.18. The number of benzene rings is 1. The number of halogens is 3. The van der Waals surface area contributed by atoms with Crippen LogP contribution in [0.15, 0.2) is 12.1 Å². The third kappa shape index (κ3) is 2.78. The van der Waals surface area contributed by atoms with E-state index in [1.165, 1.54) is 0 Å². The van der Waals surface area contributed by atoms with Crippen LogP contribution in [-0.4, -0.2) is 25.0 Å². The molecular weight excluding hydrogens is 257 g/mol. The van der Waals surface area contributed by atoms with Crippen LogP contribution >= 0.6 is 0 Å². The van der Waals surface area contributed by atoms with Crippen molar-refractivity contribution in [3.8, 4) is 0 Å². The summed E-state index contributed by atoms with van der Waals surface area (Å²) in [5.41, 5.74) is -0.582. The molecule has 0 saturated heterocycles. The molecule has 0 bridgehead atoms. The van der Waals surface area contributed by atoms with Crippen molar-refractivity contribution < 1.29 is 26.7 Å². The molecule has 0 spiro atoms. The second kappa shape index (κ2) is 4.66. The normalized spacial score (nSPS) is 15.6. The lowest BCUT2D eigenvalue weighted by Crippen LogP contribution is -2.25. The van der Waals surface area contributed by atoms with Crippen molar-refractivity contribution in [1.82, 2.24) is 0 Å². The minimum Gasteiger partial charge on any atom is -0.387 e. The molecule has 7 heteroatoms. The first-order valence-electron chi connectivity index (χ1n) is 4.66. The minimum absolute atomic E-state index is 0.582. The van der Waals surface area contributed by atoms with Crippen LogP contribution in [0.3, 0.4) is 0 Å². The summed E-state index contributed by atoms with van der Waals surface area (Å²) in [5.74, 6) is -4.71. The maximum Gasteiger partial charge on any atom is 0.194 e. The van der Waals surface area contributed by atoms with Gasteiger partial charge in [-0.05, 0) is 13.0 Å². The predicted octanol–water partition coefficient (Wildman–Crippen LogP) is 1.57. The van der Waals surface area contributed by atoms with E-state index >= 15 is 0 Å². The summed E-state index contributed by atoms with van der Waals surface area (Å²) in [6.07, 6.45) is -0.890. The van der Waals surface area contributed by atoms with Gasteiger partial charge < -0.3 is 5.11 Å². The molecule has 1 N–H and O–H groups in total. The Morgan fingerprint density at radius 3 is 2.18 bits per heavy atom. The summed E-state index contributed by atoms with van der Waals surface area (Å²) < 4.78 is 61.2. The van der Waals surface area contributed by atoms with Gasteiger partial charge in [0.15, 0.2) is 27.3 Å². The Bertz CT molecular complexity index is 528. The molecule has 0 heterocycles. The molecule has 1 aromatic carbocycles. The van der Waals surface area contributed by atoms with Gasteiger partial charge in [0, 0.05) is 11.8 Å². The van der Waals surface area contributed by atoms with Crippen LogP contribution in [0.1, 0.15) is 18.6 Å². The number of hydrogen-bond acceptors (Lipinski definition) is 3. The monoisotopic (exact) mass is 268 g/mol. The van der Waals surface area contributed by atoms with E-state index in [1.54, 1.807) is 0 Å². The van der Waals surface area contributed by atoms with Gasteiger partial charge in [-0.15, -0.1) is 0 Å². The largest absolute Gasteiger partial charge is 0.387 e. The standard InChI is InChI=1S/C10H11F3O3S/c1-5(17(2,15)16)10(14)6-3-4-7(11)9(13)8(6)12/h3-5,10,14H,1-2H3. The Morgan fingerprint density at radius 1 is 1.18 bits per heavy atom. The Labute approximate surface area is 96.8 Å². The Hall–Kier alpha value is -1.08. The van der Waals surface area contributed by atoms with E-state index in [2.05, 4.69) is 0 Å². The maximum atomic E-state index is 13.3. The molecule has 17 heavy (non-hydrogen) atoms. The maximum absolute atomic E-state index is 13.3. The summed E-state index contributed by atoms with van der Waals surface area (Å²) in [5, 5.41) is 8.29. The highest BCUT2D eigenvalue weighted by atomic mass is 32.2. The molecule has 1 aromatic rings. The van der Waals surface area contributed by atoms with Crippen molar-refractivity contribution in [2.45, 2.75) is 18.3 Å². The zero-order valence-electron chi connectivity index (χ0n) is 9.12. The van der Waals surface area contributed by atoms with Gasteiger partial charge in [-0.2, -0.15) is 0 Å². The van der Waals surface area contributed by atoms with Crippen LogP contribution in [-0.2, 0) is 9.84 Å². The van der Waals surface area contributed by atoms with E-state index in [0.717, 1.165) is 19.2 Å². The number of hydrogen-bond donors (Lipinski definition) is 1. The van der Waals surface area contributed by atoms with E-state index < -0.39 is 44.2 Å². The van der Waals surface area contributed by atoms with Crippen molar-refractivity contribution >= 4 is 9.84 Å². The van der Waals surface area contributed by atoms with E-state index in [0.29, 0.717) is 6.07 Å². The Kier molecular flexibility index (Phi) is 3.83. The smallest absolute Gasteiger partial charge is 0.194 e. The van der Waals surface area contributed by atoms with Crippen molar-refractivity contribution in [3.05, 3.63) is 35.1 Å². The zero-order valence-corrected chi connectivity index (χ0v) is 9.93. The number of rotatable bonds is 3. The highest BCUT2D eigenvalue weighted by molar-refractivity contribution is 7.91. The molecule has 3 nitrogen and oxygen atoms in total. The lowest BCUT2D eigenvalue weighted by atomic mass is 10.1. The van der Waals surface area contributed by atoms with E-state index in [-0.39, 0.29) is 0 Å². The van der Waals surface area contributed by atoms with Gasteiger partial charge in [-0.3, -0.25) is 0 Å². The van der Waals surface area contributed by atoms with Crippen LogP contribution in [0.2, 0.25) is 0 Å². The lowest BCUT2D eigenvalue weighted by molar-refractivity contribution is 0.169. The first kappa shape index (κ1) is 14.0. The molecule has 0 radical (unpaired) electrons. The number of sulfone groups is 1.